The molecule has 0 amide bonds. The van der Waals surface area contributed by atoms with E-state index >= 15 is 0 Å². The standard InChI is InChI=1S/C80H156O17P2/c1-8-11-12-13-14-15-16-17-18-19-20-24-29-34-39-47-54-61-77(82)90-67-75(96-79(84)63-56-49-40-35-30-25-22-21-23-28-33-38-45-52-59-72(6)9-2)69-94-98(86,87)92-65-74(81)66-93-99(88,89)95-70-76(68-91-78(83)62-55-48-43-42-46-53-60-73(7)10-3)97-80(85)64-57-50-41-36-31-26-27-32-37-44-51-58-71(4)5/h71-76,81H,8-70H2,1-7H3,(H,86,87)(H,88,89)/t72?,73?,74-,75-,76-/m1/s1. The third kappa shape index (κ3) is 71.5. The predicted octanol–water partition coefficient (Wildman–Crippen LogP) is 23.7. The van der Waals surface area contributed by atoms with Crippen LogP contribution in [0.5, 0.6) is 0 Å². The van der Waals surface area contributed by atoms with Gasteiger partial charge in [-0.25, -0.2) is 9.13 Å². The van der Waals surface area contributed by atoms with E-state index in [-0.39, 0.29) is 25.7 Å². The van der Waals surface area contributed by atoms with Gasteiger partial charge in [0.05, 0.1) is 26.4 Å². The number of rotatable bonds is 78. The number of esters is 4. The van der Waals surface area contributed by atoms with E-state index in [9.17, 15) is 43.2 Å². The molecule has 19 heteroatoms. The number of ether oxygens (including phenoxy) is 4. The van der Waals surface area contributed by atoms with Gasteiger partial charge in [0.25, 0.3) is 0 Å². The Hall–Kier alpha value is -1.94. The van der Waals surface area contributed by atoms with Crippen molar-refractivity contribution in [2.24, 2.45) is 17.8 Å². The Morgan fingerprint density at radius 1 is 0.293 bits per heavy atom. The lowest BCUT2D eigenvalue weighted by Crippen LogP contribution is -2.30. The Morgan fingerprint density at radius 2 is 0.515 bits per heavy atom. The largest absolute Gasteiger partial charge is 0.472 e. The summed E-state index contributed by atoms with van der Waals surface area (Å²) in [4.78, 5) is 73.0. The minimum atomic E-state index is -4.96. The van der Waals surface area contributed by atoms with Crippen molar-refractivity contribution in [2.75, 3.05) is 39.6 Å². The maximum atomic E-state index is 13.1. The molecular weight excluding hydrogens is 1290 g/mol. The zero-order valence-corrected chi connectivity index (χ0v) is 66.8. The molecule has 0 saturated carbocycles. The number of phosphoric ester groups is 2. The fraction of sp³-hybridized carbons (Fsp3) is 0.950. The summed E-state index contributed by atoms with van der Waals surface area (Å²) in [6.45, 7) is 11.9. The molecule has 0 aromatic carbocycles. The number of aliphatic hydroxyl groups excluding tert-OH is 1. The highest BCUT2D eigenvalue weighted by Crippen LogP contribution is 2.45. The van der Waals surface area contributed by atoms with Crippen molar-refractivity contribution in [1.82, 2.24) is 0 Å². The molecule has 4 unspecified atom stereocenters. The molecule has 0 heterocycles. The van der Waals surface area contributed by atoms with Crippen molar-refractivity contribution >= 4 is 39.5 Å². The molecule has 0 aliphatic rings. The van der Waals surface area contributed by atoms with Gasteiger partial charge in [-0.05, 0) is 43.4 Å². The first-order valence-corrected chi connectivity index (χ1v) is 44.4. The van der Waals surface area contributed by atoms with Crippen molar-refractivity contribution in [3.63, 3.8) is 0 Å². The van der Waals surface area contributed by atoms with E-state index in [1.165, 1.54) is 218 Å². The number of hydrogen-bond acceptors (Lipinski definition) is 15. The first-order valence-electron chi connectivity index (χ1n) is 41.4. The van der Waals surface area contributed by atoms with Crippen LogP contribution in [0.3, 0.4) is 0 Å². The van der Waals surface area contributed by atoms with E-state index in [4.69, 9.17) is 37.0 Å². The zero-order valence-electron chi connectivity index (χ0n) is 65.0. The fourth-order valence-electron chi connectivity index (χ4n) is 12.2. The molecule has 0 aromatic rings. The number of hydrogen-bond donors (Lipinski definition) is 3. The van der Waals surface area contributed by atoms with Crippen LogP contribution in [0.15, 0.2) is 0 Å². The molecule has 0 spiro atoms. The molecule has 3 N–H and O–H groups in total. The smallest absolute Gasteiger partial charge is 0.462 e. The lowest BCUT2D eigenvalue weighted by molar-refractivity contribution is -0.161. The van der Waals surface area contributed by atoms with Gasteiger partial charge in [-0.3, -0.25) is 37.3 Å². The van der Waals surface area contributed by atoms with Crippen molar-refractivity contribution in [1.29, 1.82) is 0 Å². The van der Waals surface area contributed by atoms with Gasteiger partial charge in [-0.2, -0.15) is 0 Å². The maximum absolute atomic E-state index is 13.1. The number of carbonyl (C=O) groups excluding carboxylic acids is 4. The van der Waals surface area contributed by atoms with Gasteiger partial charge in [0, 0.05) is 25.7 Å². The molecule has 0 fully saturated rings. The predicted molar refractivity (Wildman–Crippen MR) is 405 cm³/mol. The van der Waals surface area contributed by atoms with Crippen molar-refractivity contribution < 1.29 is 80.2 Å². The second kappa shape index (κ2) is 70.4. The lowest BCUT2D eigenvalue weighted by atomic mass is 9.99. The lowest BCUT2D eigenvalue weighted by Gasteiger charge is -2.21. The number of aliphatic hydroxyl groups is 1. The summed E-state index contributed by atoms with van der Waals surface area (Å²) in [5, 5.41) is 10.6. The SMILES string of the molecule is CCCCCCCCCCCCCCCCCCCC(=O)OC[C@H](COP(=O)(O)OC[C@@H](O)COP(=O)(O)OC[C@@H](COC(=O)CCCCCCCCC(C)CC)OC(=O)CCCCCCCCCCCCCC(C)C)OC(=O)CCCCCCCCCCCCCCCCC(C)CC. The van der Waals surface area contributed by atoms with Crippen molar-refractivity contribution in [3.8, 4) is 0 Å². The summed E-state index contributed by atoms with van der Waals surface area (Å²) < 4.78 is 68.7. The van der Waals surface area contributed by atoms with Gasteiger partial charge < -0.3 is 33.8 Å². The highest BCUT2D eigenvalue weighted by Gasteiger charge is 2.30. The monoisotopic (exact) mass is 1450 g/mol. The summed E-state index contributed by atoms with van der Waals surface area (Å²) >= 11 is 0. The third-order valence-electron chi connectivity index (χ3n) is 19.4. The van der Waals surface area contributed by atoms with E-state index in [1.807, 2.05) is 0 Å². The Bertz CT molecular complexity index is 1930. The quantitative estimate of drug-likeness (QED) is 0.0222. The number of unbranched alkanes of at least 4 members (excludes halogenated alkanes) is 44. The Morgan fingerprint density at radius 3 is 0.768 bits per heavy atom. The minimum Gasteiger partial charge on any atom is -0.462 e. The van der Waals surface area contributed by atoms with Gasteiger partial charge in [0.2, 0.25) is 0 Å². The minimum absolute atomic E-state index is 0.106. The van der Waals surface area contributed by atoms with Gasteiger partial charge >= 0.3 is 39.5 Å². The molecule has 99 heavy (non-hydrogen) atoms. The molecule has 0 radical (unpaired) electrons. The van der Waals surface area contributed by atoms with Gasteiger partial charge in [-0.1, -0.05) is 363 Å². The summed E-state index contributed by atoms with van der Waals surface area (Å²) in [6.07, 6.45) is 58.2. The normalized spacial score (nSPS) is 14.5. The summed E-state index contributed by atoms with van der Waals surface area (Å²) in [5.74, 6) is 0.229. The van der Waals surface area contributed by atoms with Crippen LogP contribution in [0.1, 0.15) is 414 Å². The maximum Gasteiger partial charge on any atom is 0.472 e. The first kappa shape index (κ1) is 97.1. The topological polar surface area (TPSA) is 237 Å². The van der Waals surface area contributed by atoms with Crippen LogP contribution in [0.2, 0.25) is 0 Å². The molecule has 17 nitrogen and oxygen atoms in total. The van der Waals surface area contributed by atoms with E-state index in [1.54, 1.807) is 0 Å². The fourth-order valence-corrected chi connectivity index (χ4v) is 13.8. The average molecular weight is 1450 g/mol. The summed E-state index contributed by atoms with van der Waals surface area (Å²) in [5.41, 5.74) is 0. The summed E-state index contributed by atoms with van der Waals surface area (Å²) in [6, 6.07) is 0. The molecule has 0 aliphatic carbocycles. The molecule has 0 saturated heterocycles. The second-order valence-electron chi connectivity index (χ2n) is 29.8. The molecule has 0 rings (SSSR count). The zero-order chi connectivity index (χ0) is 73.0. The van der Waals surface area contributed by atoms with Gasteiger partial charge in [-0.15, -0.1) is 0 Å². The van der Waals surface area contributed by atoms with Crippen LogP contribution in [-0.4, -0.2) is 96.7 Å². The first-order chi connectivity index (χ1) is 47.8. The Balaban J connectivity index is 5.25. The van der Waals surface area contributed by atoms with Crippen LogP contribution in [0.25, 0.3) is 0 Å². The Labute approximate surface area is 607 Å². The van der Waals surface area contributed by atoms with Gasteiger partial charge in [0.1, 0.15) is 19.3 Å². The van der Waals surface area contributed by atoms with Crippen LogP contribution in [-0.2, 0) is 65.4 Å². The number of phosphoric acid groups is 2. The third-order valence-corrected chi connectivity index (χ3v) is 21.3. The van der Waals surface area contributed by atoms with Crippen LogP contribution < -0.4 is 0 Å². The average Bonchev–Trinajstić information content (AvgIpc) is 1.12. The van der Waals surface area contributed by atoms with Crippen LogP contribution >= 0.6 is 15.6 Å². The highest BCUT2D eigenvalue weighted by molar-refractivity contribution is 7.47. The van der Waals surface area contributed by atoms with E-state index in [2.05, 4.69) is 48.5 Å². The van der Waals surface area contributed by atoms with Crippen molar-refractivity contribution in [2.45, 2.75) is 433 Å². The van der Waals surface area contributed by atoms with E-state index < -0.39 is 97.5 Å². The second-order valence-corrected chi connectivity index (χ2v) is 32.7. The van der Waals surface area contributed by atoms with Gasteiger partial charge in [0.15, 0.2) is 12.2 Å². The van der Waals surface area contributed by atoms with E-state index in [0.717, 1.165) is 114 Å². The Kier molecular flexibility index (Phi) is 69.0. The molecule has 7 atom stereocenters. The molecule has 0 aromatic heterocycles. The summed E-state index contributed by atoms with van der Waals surface area (Å²) in [7, 11) is -9.92. The molecule has 0 bridgehead atoms. The van der Waals surface area contributed by atoms with E-state index in [0.29, 0.717) is 25.7 Å². The van der Waals surface area contributed by atoms with Crippen LogP contribution in [0.4, 0.5) is 0 Å². The molecule has 0 aliphatic heterocycles. The molecule has 588 valence electrons. The molecular formula is C80H156O17P2. The highest BCUT2D eigenvalue weighted by atomic mass is 31.2. The van der Waals surface area contributed by atoms with Crippen molar-refractivity contribution in [3.05, 3.63) is 0 Å². The number of carbonyl (C=O) groups is 4. The van der Waals surface area contributed by atoms with Crippen LogP contribution in [0, 0.1) is 17.8 Å².